The molecule has 0 aliphatic heterocycles. The minimum absolute atomic E-state index is 0.730. The molecule has 41 heavy (non-hydrogen) atoms. The highest BCUT2D eigenvalue weighted by Crippen LogP contribution is 2.47. The summed E-state index contributed by atoms with van der Waals surface area (Å²) in [7, 11) is 0. The van der Waals surface area contributed by atoms with E-state index in [1.807, 2.05) is 164 Å². The van der Waals surface area contributed by atoms with E-state index in [2.05, 4.69) is 16.0 Å². The molecule has 0 fully saturated rings. The summed E-state index contributed by atoms with van der Waals surface area (Å²) in [6.07, 6.45) is 0. The zero-order chi connectivity index (χ0) is 27.9. The van der Waals surface area contributed by atoms with Crippen molar-refractivity contribution in [2.24, 2.45) is 0 Å². The first-order valence-corrected chi connectivity index (χ1v) is 13.7. The maximum absolute atomic E-state index is 13.3. The molecule has 4 N–H and O–H groups in total. The Labute approximate surface area is 241 Å². The lowest BCUT2D eigenvalue weighted by Gasteiger charge is -2.35. The minimum atomic E-state index is -1.55. The molecule has 0 spiro atoms. The number of benzene rings is 6. The SMILES string of the molecule is OC(c1ccccc1Nc1ccccc1)(c1ccccc1Nc1ccccc1)c1ccccc1Nc1ccccc1. The molecule has 4 heteroatoms. The molecular formula is C37H31N3O. The molecule has 6 aromatic carbocycles. The Morgan fingerprint density at radius 3 is 0.854 bits per heavy atom. The second-order valence-electron chi connectivity index (χ2n) is 9.82. The smallest absolute Gasteiger partial charge is 0.146 e. The zero-order valence-electron chi connectivity index (χ0n) is 22.5. The largest absolute Gasteiger partial charge is 0.376 e. The van der Waals surface area contributed by atoms with Gasteiger partial charge in [0.1, 0.15) is 5.60 Å². The Kier molecular flexibility index (Phi) is 7.48. The standard InChI is InChI=1S/C37H31N3O/c41-37(31-22-10-13-25-34(31)38-28-16-4-1-5-17-28,32-23-11-14-26-35(32)39-29-18-6-2-7-19-29)33-24-12-15-27-36(33)40-30-20-8-3-9-21-30/h1-27,38-41H. The molecule has 6 aromatic rings. The fourth-order valence-corrected chi connectivity index (χ4v) is 5.19. The van der Waals surface area contributed by atoms with Gasteiger partial charge < -0.3 is 21.1 Å². The fourth-order valence-electron chi connectivity index (χ4n) is 5.19. The number of aliphatic hydroxyl groups is 1. The van der Waals surface area contributed by atoms with Crippen LogP contribution in [0.3, 0.4) is 0 Å². The molecule has 6 rings (SSSR count). The van der Waals surface area contributed by atoms with Gasteiger partial charge in [0.2, 0.25) is 0 Å². The van der Waals surface area contributed by atoms with Crippen LogP contribution in [0.15, 0.2) is 164 Å². The average molecular weight is 534 g/mol. The number of hydrogen-bond acceptors (Lipinski definition) is 4. The van der Waals surface area contributed by atoms with Crippen LogP contribution in [0.4, 0.5) is 34.1 Å². The molecule has 0 amide bonds. The maximum atomic E-state index is 13.3. The Morgan fingerprint density at radius 2 is 0.561 bits per heavy atom. The predicted octanol–water partition coefficient (Wildman–Crippen LogP) is 9.20. The van der Waals surface area contributed by atoms with E-state index < -0.39 is 5.60 Å². The molecule has 0 unspecified atom stereocenters. The van der Waals surface area contributed by atoms with Crippen molar-refractivity contribution < 1.29 is 5.11 Å². The van der Waals surface area contributed by atoms with Gasteiger partial charge in [-0.3, -0.25) is 0 Å². The van der Waals surface area contributed by atoms with Crippen LogP contribution in [0, 0.1) is 0 Å². The van der Waals surface area contributed by atoms with Gasteiger partial charge in [0.25, 0.3) is 0 Å². The van der Waals surface area contributed by atoms with E-state index in [4.69, 9.17) is 0 Å². The quantitative estimate of drug-likeness (QED) is 0.140. The third kappa shape index (κ3) is 5.55. The lowest BCUT2D eigenvalue weighted by atomic mass is 9.77. The molecule has 4 nitrogen and oxygen atoms in total. The van der Waals surface area contributed by atoms with E-state index in [-0.39, 0.29) is 0 Å². The fraction of sp³-hybridized carbons (Fsp3) is 0.0270. The molecule has 0 aliphatic carbocycles. The Morgan fingerprint density at radius 1 is 0.317 bits per heavy atom. The number of para-hydroxylation sites is 6. The highest BCUT2D eigenvalue weighted by atomic mass is 16.3. The van der Waals surface area contributed by atoms with Crippen LogP contribution < -0.4 is 16.0 Å². The number of hydrogen-bond donors (Lipinski definition) is 4. The topological polar surface area (TPSA) is 56.3 Å². The van der Waals surface area contributed by atoms with Crippen LogP contribution in [-0.4, -0.2) is 5.11 Å². The number of nitrogens with one attached hydrogen (secondary N) is 3. The van der Waals surface area contributed by atoms with Crippen LogP contribution in [-0.2, 0) is 5.60 Å². The molecule has 0 radical (unpaired) electrons. The first-order chi connectivity index (χ1) is 20.2. The van der Waals surface area contributed by atoms with Crippen molar-refractivity contribution in [1.29, 1.82) is 0 Å². The van der Waals surface area contributed by atoms with Crippen LogP contribution in [0.5, 0.6) is 0 Å². The van der Waals surface area contributed by atoms with Crippen molar-refractivity contribution in [2.45, 2.75) is 5.60 Å². The molecule has 0 saturated carbocycles. The lowest BCUT2D eigenvalue weighted by Crippen LogP contribution is -2.31. The molecule has 200 valence electrons. The van der Waals surface area contributed by atoms with Crippen LogP contribution >= 0.6 is 0 Å². The monoisotopic (exact) mass is 533 g/mol. The highest BCUT2D eigenvalue weighted by molar-refractivity contribution is 5.76. The summed E-state index contributed by atoms with van der Waals surface area (Å²) in [5.41, 5.74) is 5.89. The van der Waals surface area contributed by atoms with Crippen molar-refractivity contribution >= 4 is 34.1 Å². The molecule has 0 aromatic heterocycles. The van der Waals surface area contributed by atoms with Crippen LogP contribution in [0.2, 0.25) is 0 Å². The average Bonchev–Trinajstić information content (AvgIpc) is 3.03. The summed E-state index contributed by atoms with van der Waals surface area (Å²) in [5.74, 6) is 0. The molecular weight excluding hydrogens is 502 g/mol. The maximum Gasteiger partial charge on any atom is 0.146 e. The van der Waals surface area contributed by atoms with Gasteiger partial charge in [-0.1, -0.05) is 109 Å². The van der Waals surface area contributed by atoms with E-state index in [1.165, 1.54) is 0 Å². The molecule has 0 heterocycles. The van der Waals surface area contributed by atoms with Crippen molar-refractivity contribution in [3.8, 4) is 0 Å². The first-order valence-electron chi connectivity index (χ1n) is 13.7. The van der Waals surface area contributed by atoms with Gasteiger partial charge in [-0.15, -0.1) is 0 Å². The number of rotatable bonds is 9. The Bertz CT molecular complexity index is 1520. The van der Waals surface area contributed by atoms with Crippen molar-refractivity contribution in [3.05, 3.63) is 180 Å². The normalized spacial score (nSPS) is 11.0. The predicted molar refractivity (Wildman–Crippen MR) is 171 cm³/mol. The summed E-state index contributed by atoms with van der Waals surface area (Å²) in [5, 5.41) is 23.9. The molecule has 0 aliphatic rings. The van der Waals surface area contributed by atoms with Crippen molar-refractivity contribution in [1.82, 2.24) is 0 Å². The van der Waals surface area contributed by atoms with Gasteiger partial charge in [0, 0.05) is 50.8 Å². The van der Waals surface area contributed by atoms with Crippen LogP contribution in [0.25, 0.3) is 0 Å². The van der Waals surface area contributed by atoms with E-state index in [1.54, 1.807) is 0 Å². The van der Waals surface area contributed by atoms with Gasteiger partial charge in [0.15, 0.2) is 0 Å². The van der Waals surface area contributed by atoms with E-state index in [0.717, 1.165) is 50.8 Å². The third-order valence-corrected chi connectivity index (χ3v) is 7.11. The summed E-state index contributed by atoms with van der Waals surface area (Å²) in [6, 6.07) is 53.9. The Hall–Kier alpha value is -5.32. The van der Waals surface area contributed by atoms with Gasteiger partial charge in [0.05, 0.1) is 0 Å². The number of anilines is 6. The highest BCUT2D eigenvalue weighted by Gasteiger charge is 2.39. The summed E-state index contributed by atoms with van der Waals surface area (Å²) < 4.78 is 0. The Balaban J connectivity index is 1.57. The zero-order valence-corrected chi connectivity index (χ0v) is 22.5. The second kappa shape index (κ2) is 11.8. The lowest BCUT2D eigenvalue weighted by molar-refractivity contribution is 0.128. The van der Waals surface area contributed by atoms with E-state index in [9.17, 15) is 5.11 Å². The molecule has 0 atom stereocenters. The second-order valence-corrected chi connectivity index (χ2v) is 9.82. The third-order valence-electron chi connectivity index (χ3n) is 7.11. The van der Waals surface area contributed by atoms with Gasteiger partial charge in [-0.2, -0.15) is 0 Å². The summed E-state index contributed by atoms with van der Waals surface area (Å²) >= 11 is 0. The molecule has 0 bridgehead atoms. The van der Waals surface area contributed by atoms with E-state index in [0.29, 0.717) is 0 Å². The van der Waals surface area contributed by atoms with Gasteiger partial charge in [-0.25, -0.2) is 0 Å². The summed E-state index contributed by atoms with van der Waals surface area (Å²) in [4.78, 5) is 0. The summed E-state index contributed by atoms with van der Waals surface area (Å²) in [6.45, 7) is 0. The van der Waals surface area contributed by atoms with E-state index >= 15 is 0 Å². The van der Waals surface area contributed by atoms with Crippen molar-refractivity contribution in [2.75, 3.05) is 16.0 Å². The molecule has 0 saturated heterocycles. The van der Waals surface area contributed by atoms with Gasteiger partial charge >= 0.3 is 0 Å². The van der Waals surface area contributed by atoms with Crippen molar-refractivity contribution in [3.63, 3.8) is 0 Å². The van der Waals surface area contributed by atoms with Gasteiger partial charge in [-0.05, 0) is 54.6 Å². The minimum Gasteiger partial charge on any atom is -0.376 e. The first kappa shape index (κ1) is 25.9. The van der Waals surface area contributed by atoms with Crippen LogP contribution in [0.1, 0.15) is 16.7 Å².